The molecule has 1 aromatic carbocycles. The molecule has 9 heteroatoms. The summed E-state index contributed by atoms with van der Waals surface area (Å²) in [6.07, 6.45) is 6.53. The average Bonchev–Trinajstić information content (AvgIpc) is 2.88. The predicted molar refractivity (Wildman–Crippen MR) is 112 cm³/mol. The van der Waals surface area contributed by atoms with Gasteiger partial charge in [-0.1, -0.05) is 25.7 Å². The number of benzene rings is 1. The third-order valence-electron chi connectivity index (χ3n) is 5.40. The summed E-state index contributed by atoms with van der Waals surface area (Å²) in [5.74, 6) is -0.476. The number of ether oxygens (including phenoxy) is 1. The van der Waals surface area contributed by atoms with Gasteiger partial charge in [0.05, 0.1) is 41.4 Å². The van der Waals surface area contributed by atoms with Crippen molar-refractivity contribution in [1.29, 1.82) is 0 Å². The minimum Gasteiger partial charge on any atom is -0.469 e. The van der Waals surface area contributed by atoms with Gasteiger partial charge >= 0.3 is 5.97 Å². The Morgan fingerprint density at radius 2 is 1.87 bits per heavy atom. The lowest BCUT2D eigenvalue weighted by Crippen LogP contribution is -2.21. The molecule has 1 aliphatic rings. The standard InChI is InChI=1S/C21H26N4O5/c1-14(22-15-7-5-3-4-6-8-15)20-18(13-19(26)30-2)23-24(21(20)27)16-9-11-17(12-10-16)25(28)29/h9-12,15,23H,3-8,13H2,1-2H3. The molecular weight excluding hydrogens is 388 g/mol. The minimum absolute atomic E-state index is 0.0699. The van der Waals surface area contributed by atoms with E-state index in [4.69, 9.17) is 9.73 Å². The Labute approximate surface area is 173 Å². The molecule has 1 saturated carbocycles. The molecule has 30 heavy (non-hydrogen) atoms. The van der Waals surface area contributed by atoms with E-state index in [0.29, 0.717) is 22.7 Å². The molecular formula is C21H26N4O5. The maximum absolute atomic E-state index is 13.2. The van der Waals surface area contributed by atoms with E-state index in [1.165, 1.54) is 48.9 Å². The number of non-ortho nitro benzene ring substituents is 1. The van der Waals surface area contributed by atoms with E-state index in [1.807, 2.05) is 0 Å². The summed E-state index contributed by atoms with van der Waals surface area (Å²) in [7, 11) is 1.29. The number of methoxy groups -OCH3 is 1. The topological polar surface area (TPSA) is 120 Å². The summed E-state index contributed by atoms with van der Waals surface area (Å²) in [6, 6.07) is 5.79. The maximum atomic E-state index is 13.2. The number of nitrogens with zero attached hydrogens (tertiary/aromatic N) is 3. The number of hydrogen-bond acceptors (Lipinski definition) is 6. The second-order valence-electron chi connectivity index (χ2n) is 7.49. The fourth-order valence-corrected chi connectivity index (χ4v) is 3.83. The van der Waals surface area contributed by atoms with Gasteiger partial charge in [0, 0.05) is 17.8 Å². The Hall–Kier alpha value is -3.23. The number of nitrogens with one attached hydrogen (secondary N) is 1. The highest BCUT2D eigenvalue weighted by Crippen LogP contribution is 2.21. The first-order valence-electron chi connectivity index (χ1n) is 10.1. The van der Waals surface area contributed by atoms with Crippen molar-refractivity contribution in [2.75, 3.05) is 7.11 Å². The Balaban J connectivity index is 2.02. The number of carbonyl (C=O) groups excluding carboxylic acids is 1. The van der Waals surface area contributed by atoms with Crippen molar-refractivity contribution in [3.8, 4) is 5.69 Å². The number of H-pyrrole nitrogens is 1. The summed E-state index contributed by atoms with van der Waals surface area (Å²) in [5.41, 5.74) is 1.37. The molecule has 0 aliphatic heterocycles. The van der Waals surface area contributed by atoms with E-state index in [1.54, 1.807) is 6.92 Å². The fraction of sp³-hybridized carbons (Fsp3) is 0.476. The predicted octanol–water partition coefficient (Wildman–Crippen LogP) is 3.32. The molecule has 0 radical (unpaired) electrons. The molecule has 3 rings (SSSR count). The Kier molecular flexibility index (Phi) is 6.81. The van der Waals surface area contributed by atoms with Gasteiger partial charge in [-0.25, -0.2) is 4.68 Å². The molecule has 2 aromatic rings. The Morgan fingerprint density at radius 1 is 1.23 bits per heavy atom. The van der Waals surface area contributed by atoms with Gasteiger partial charge in [-0.3, -0.25) is 29.8 Å². The van der Waals surface area contributed by atoms with E-state index >= 15 is 0 Å². The maximum Gasteiger partial charge on any atom is 0.311 e. The summed E-state index contributed by atoms with van der Waals surface area (Å²) < 4.78 is 6.05. The lowest BCUT2D eigenvalue weighted by molar-refractivity contribution is -0.384. The van der Waals surface area contributed by atoms with Crippen LogP contribution in [0.4, 0.5) is 5.69 Å². The Bertz CT molecular complexity index is 995. The molecule has 1 N–H and O–H groups in total. The van der Waals surface area contributed by atoms with Crippen LogP contribution in [0.5, 0.6) is 0 Å². The molecule has 1 heterocycles. The number of aromatic amines is 1. The molecule has 1 fully saturated rings. The van der Waals surface area contributed by atoms with Crippen molar-refractivity contribution < 1.29 is 14.5 Å². The van der Waals surface area contributed by atoms with Crippen LogP contribution in [0, 0.1) is 10.1 Å². The van der Waals surface area contributed by atoms with Crippen molar-refractivity contribution in [1.82, 2.24) is 9.78 Å². The molecule has 0 spiro atoms. The third kappa shape index (κ3) is 4.84. The number of esters is 1. The van der Waals surface area contributed by atoms with E-state index in [9.17, 15) is 19.7 Å². The molecule has 0 bridgehead atoms. The van der Waals surface area contributed by atoms with Crippen molar-refractivity contribution in [2.24, 2.45) is 4.99 Å². The van der Waals surface area contributed by atoms with E-state index in [0.717, 1.165) is 25.7 Å². The van der Waals surface area contributed by atoms with Crippen LogP contribution >= 0.6 is 0 Å². The average molecular weight is 414 g/mol. The molecule has 0 amide bonds. The summed E-state index contributed by atoms with van der Waals surface area (Å²) in [5, 5.41) is 13.9. The second kappa shape index (κ2) is 9.51. The third-order valence-corrected chi connectivity index (χ3v) is 5.40. The normalized spacial score (nSPS) is 15.6. The van der Waals surface area contributed by atoms with Crippen molar-refractivity contribution in [2.45, 2.75) is 57.9 Å². The van der Waals surface area contributed by atoms with Gasteiger partial charge in [0.1, 0.15) is 0 Å². The van der Waals surface area contributed by atoms with E-state index in [2.05, 4.69) is 5.10 Å². The van der Waals surface area contributed by atoms with Gasteiger partial charge in [0.2, 0.25) is 0 Å². The number of carbonyl (C=O) groups is 1. The highest BCUT2D eigenvalue weighted by Gasteiger charge is 2.22. The van der Waals surface area contributed by atoms with Gasteiger partial charge in [-0.15, -0.1) is 0 Å². The zero-order valence-corrected chi connectivity index (χ0v) is 17.2. The molecule has 9 nitrogen and oxygen atoms in total. The number of rotatable bonds is 6. The zero-order valence-electron chi connectivity index (χ0n) is 17.2. The van der Waals surface area contributed by atoms with Crippen LogP contribution in [0.2, 0.25) is 0 Å². The van der Waals surface area contributed by atoms with Crippen molar-refractivity contribution in [3.63, 3.8) is 0 Å². The SMILES string of the molecule is COC(=O)Cc1[nH]n(-c2ccc([N+](=O)[O-])cc2)c(=O)c1C(C)=NC1CCCCCC1. The van der Waals surface area contributed by atoms with Gasteiger partial charge < -0.3 is 4.74 Å². The molecule has 0 unspecified atom stereocenters. The number of aromatic nitrogens is 2. The smallest absolute Gasteiger partial charge is 0.311 e. The summed E-state index contributed by atoms with van der Waals surface area (Å²) in [6.45, 7) is 1.79. The molecule has 1 aromatic heterocycles. The first kappa shape index (κ1) is 21.5. The van der Waals surface area contributed by atoms with Crippen LogP contribution in [0.25, 0.3) is 5.69 Å². The van der Waals surface area contributed by atoms with Crippen LogP contribution in [-0.2, 0) is 16.0 Å². The van der Waals surface area contributed by atoms with Crippen LogP contribution in [0.3, 0.4) is 0 Å². The second-order valence-corrected chi connectivity index (χ2v) is 7.49. The lowest BCUT2D eigenvalue weighted by Gasteiger charge is -2.10. The van der Waals surface area contributed by atoms with E-state index in [-0.39, 0.29) is 23.7 Å². The van der Waals surface area contributed by atoms with Crippen molar-refractivity contribution in [3.05, 3.63) is 56.0 Å². The zero-order chi connectivity index (χ0) is 21.7. The largest absolute Gasteiger partial charge is 0.469 e. The van der Waals surface area contributed by atoms with Gasteiger partial charge in [0.15, 0.2) is 0 Å². The van der Waals surface area contributed by atoms with E-state index < -0.39 is 10.9 Å². The fourth-order valence-electron chi connectivity index (χ4n) is 3.83. The molecule has 1 aliphatic carbocycles. The number of nitro benzene ring substituents is 1. The molecule has 0 atom stereocenters. The number of hydrogen-bond donors (Lipinski definition) is 1. The first-order valence-corrected chi connectivity index (χ1v) is 10.1. The summed E-state index contributed by atoms with van der Waals surface area (Å²) >= 11 is 0. The quantitative estimate of drug-likeness (QED) is 0.256. The van der Waals surface area contributed by atoms with Gasteiger partial charge in [-0.05, 0) is 31.9 Å². The summed E-state index contributed by atoms with van der Waals surface area (Å²) in [4.78, 5) is 40.3. The highest BCUT2D eigenvalue weighted by molar-refractivity contribution is 6.00. The number of nitro groups is 1. The minimum atomic E-state index is -0.501. The first-order chi connectivity index (χ1) is 14.4. The molecule has 160 valence electrons. The van der Waals surface area contributed by atoms with Gasteiger partial charge in [0.25, 0.3) is 11.2 Å². The van der Waals surface area contributed by atoms with Crippen LogP contribution in [-0.4, -0.2) is 39.5 Å². The Morgan fingerprint density at radius 3 is 2.43 bits per heavy atom. The van der Waals surface area contributed by atoms with Crippen LogP contribution in [0.1, 0.15) is 56.7 Å². The monoisotopic (exact) mass is 414 g/mol. The number of aliphatic imine (C=N–C) groups is 1. The van der Waals surface area contributed by atoms with Crippen LogP contribution in [0.15, 0.2) is 34.1 Å². The van der Waals surface area contributed by atoms with Crippen LogP contribution < -0.4 is 5.56 Å². The highest BCUT2D eigenvalue weighted by atomic mass is 16.6. The lowest BCUT2D eigenvalue weighted by atomic mass is 10.1. The van der Waals surface area contributed by atoms with Crippen molar-refractivity contribution >= 4 is 17.4 Å². The van der Waals surface area contributed by atoms with Gasteiger partial charge in [-0.2, -0.15) is 0 Å². The molecule has 0 saturated heterocycles.